The highest BCUT2D eigenvalue weighted by atomic mass is 16.6. The number of esters is 1. The minimum absolute atomic E-state index is 0.200. The molecule has 0 N–H and O–H groups in total. The summed E-state index contributed by atoms with van der Waals surface area (Å²) in [5, 5.41) is 2.11. The lowest BCUT2D eigenvalue weighted by Crippen LogP contribution is -2.15. The average molecular weight is 368 g/mol. The largest absolute Gasteiger partial charge is 0.490 e. The van der Waals surface area contributed by atoms with Crippen LogP contribution in [-0.4, -0.2) is 38.5 Å². The molecule has 1 aliphatic carbocycles. The highest BCUT2D eigenvalue weighted by molar-refractivity contribution is 5.96. The lowest BCUT2D eigenvalue weighted by atomic mass is 9.87. The third-order valence-electron chi connectivity index (χ3n) is 4.99. The summed E-state index contributed by atoms with van der Waals surface area (Å²) in [6.07, 6.45) is 5.63. The Balaban J connectivity index is 1.66. The van der Waals surface area contributed by atoms with E-state index in [4.69, 9.17) is 18.9 Å². The molecule has 1 aliphatic heterocycles. The molecule has 1 atom stereocenters. The standard InChI is InChI=1S/C22H24O5/c1-2-20(23)24-11-12-25-21-16-7-3-5-9-18(16)22(27-14-15-13-26-15)19-10-6-4-8-17(19)21/h2-3,5,7,9,15H,1,4,6,8,10-14H2. The van der Waals surface area contributed by atoms with E-state index in [1.54, 1.807) is 0 Å². The molecular formula is C22H24O5. The first-order valence-electron chi connectivity index (χ1n) is 9.50. The summed E-state index contributed by atoms with van der Waals surface area (Å²) in [4.78, 5) is 11.2. The van der Waals surface area contributed by atoms with Crippen molar-refractivity contribution in [2.75, 3.05) is 26.4 Å². The average Bonchev–Trinajstić information content (AvgIpc) is 3.54. The van der Waals surface area contributed by atoms with Crippen LogP contribution in [0.15, 0.2) is 36.9 Å². The normalized spacial score (nSPS) is 17.9. The number of hydrogen-bond acceptors (Lipinski definition) is 5. The fraction of sp³-hybridized carbons (Fsp3) is 0.409. The van der Waals surface area contributed by atoms with E-state index in [0.29, 0.717) is 13.2 Å². The molecule has 0 spiro atoms. The van der Waals surface area contributed by atoms with Crippen molar-refractivity contribution in [3.8, 4) is 11.5 Å². The lowest BCUT2D eigenvalue weighted by molar-refractivity contribution is -0.138. The molecule has 0 amide bonds. The highest BCUT2D eigenvalue weighted by Gasteiger charge is 2.27. The van der Waals surface area contributed by atoms with Gasteiger partial charge < -0.3 is 18.9 Å². The Labute approximate surface area is 158 Å². The Bertz CT molecular complexity index is 853. The summed E-state index contributed by atoms with van der Waals surface area (Å²) in [6, 6.07) is 8.18. The maximum atomic E-state index is 11.2. The summed E-state index contributed by atoms with van der Waals surface area (Å²) in [6.45, 7) is 5.29. The van der Waals surface area contributed by atoms with Gasteiger partial charge in [-0.3, -0.25) is 0 Å². The van der Waals surface area contributed by atoms with Crippen molar-refractivity contribution in [3.05, 3.63) is 48.0 Å². The number of ether oxygens (including phenoxy) is 4. The monoisotopic (exact) mass is 368 g/mol. The zero-order chi connectivity index (χ0) is 18.6. The van der Waals surface area contributed by atoms with Crippen LogP contribution < -0.4 is 9.47 Å². The van der Waals surface area contributed by atoms with Crippen molar-refractivity contribution in [3.63, 3.8) is 0 Å². The molecule has 1 fully saturated rings. The van der Waals surface area contributed by atoms with Crippen molar-refractivity contribution >= 4 is 16.7 Å². The molecule has 1 saturated heterocycles. The second-order valence-electron chi connectivity index (χ2n) is 6.85. The summed E-state index contributed by atoms with van der Waals surface area (Å²) < 4.78 is 22.7. The van der Waals surface area contributed by atoms with E-state index in [-0.39, 0.29) is 12.7 Å². The van der Waals surface area contributed by atoms with E-state index in [9.17, 15) is 4.79 Å². The second kappa shape index (κ2) is 8.01. The predicted octanol–water partition coefficient (Wildman–Crippen LogP) is 3.60. The van der Waals surface area contributed by atoms with Crippen LogP contribution in [0.2, 0.25) is 0 Å². The summed E-state index contributed by atoms with van der Waals surface area (Å²) >= 11 is 0. The van der Waals surface area contributed by atoms with E-state index in [2.05, 4.69) is 18.7 Å². The van der Waals surface area contributed by atoms with Gasteiger partial charge in [-0.05, 0) is 25.7 Å². The van der Waals surface area contributed by atoms with E-state index in [1.165, 1.54) is 11.1 Å². The Kier molecular flexibility index (Phi) is 5.30. The van der Waals surface area contributed by atoms with Gasteiger partial charge in [0, 0.05) is 28.0 Å². The second-order valence-corrected chi connectivity index (χ2v) is 6.85. The van der Waals surface area contributed by atoms with Crippen molar-refractivity contribution in [2.24, 2.45) is 0 Å². The summed E-state index contributed by atoms with van der Waals surface area (Å²) in [7, 11) is 0. The number of epoxide rings is 1. The number of fused-ring (bicyclic) bond motifs is 2. The van der Waals surface area contributed by atoms with Crippen molar-refractivity contribution in [1.82, 2.24) is 0 Å². The molecular weight excluding hydrogens is 344 g/mol. The van der Waals surface area contributed by atoms with Gasteiger partial charge in [0.05, 0.1) is 6.61 Å². The zero-order valence-electron chi connectivity index (χ0n) is 15.4. The smallest absolute Gasteiger partial charge is 0.330 e. The Hall–Kier alpha value is -2.53. The van der Waals surface area contributed by atoms with Crippen LogP contribution in [-0.2, 0) is 27.1 Å². The Morgan fingerprint density at radius 3 is 2.30 bits per heavy atom. The van der Waals surface area contributed by atoms with E-state index >= 15 is 0 Å². The minimum atomic E-state index is -0.434. The van der Waals surface area contributed by atoms with Gasteiger partial charge in [-0.15, -0.1) is 0 Å². The molecule has 4 rings (SSSR count). The van der Waals surface area contributed by atoms with Crippen LogP contribution in [0.5, 0.6) is 11.5 Å². The van der Waals surface area contributed by atoms with Crippen LogP contribution in [0.1, 0.15) is 24.0 Å². The van der Waals surface area contributed by atoms with Crippen LogP contribution >= 0.6 is 0 Å². The zero-order valence-corrected chi connectivity index (χ0v) is 15.4. The van der Waals surface area contributed by atoms with Crippen LogP contribution in [0.3, 0.4) is 0 Å². The van der Waals surface area contributed by atoms with Crippen molar-refractivity contribution in [2.45, 2.75) is 31.8 Å². The molecule has 5 heteroatoms. The number of benzene rings is 2. The van der Waals surface area contributed by atoms with E-state index in [0.717, 1.165) is 60.6 Å². The van der Waals surface area contributed by atoms with Gasteiger partial charge in [-0.25, -0.2) is 4.79 Å². The molecule has 1 heterocycles. The molecule has 142 valence electrons. The third-order valence-corrected chi connectivity index (χ3v) is 4.99. The van der Waals surface area contributed by atoms with Crippen LogP contribution in [0.4, 0.5) is 0 Å². The highest BCUT2D eigenvalue weighted by Crippen LogP contribution is 2.44. The van der Waals surface area contributed by atoms with Gasteiger partial charge in [-0.2, -0.15) is 0 Å². The SMILES string of the molecule is C=CC(=O)OCCOc1c2c(c(OCC3CO3)c3ccccc13)CCCC2. The van der Waals surface area contributed by atoms with Gasteiger partial charge in [0.15, 0.2) is 0 Å². The quantitative estimate of drug-likeness (QED) is 0.308. The molecule has 0 bridgehead atoms. The number of carbonyl (C=O) groups excluding carboxylic acids is 1. The van der Waals surface area contributed by atoms with Gasteiger partial charge in [0.1, 0.15) is 37.4 Å². The van der Waals surface area contributed by atoms with Gasteiger partial charge in [0.2, 0.25) is 0 Å². The van der Waals surface area contributed by atoms with E-state index in [1.807, 2.05) is 12.1 Å². The van der Waals surface area contributed by atoms with Crippen molar-refractivity contribution < 1.29 is 23.7 Å². The molecule has 0 radical (unpaired) electrons. The molecule has 2 aromatic rings. The minimum Gasteiger partial charge on any atom is -0.490 e. The Morgan fingerprint density at radius 2 is 1.70 bits per heavy atom. The first-order chi connectivity index (χ1) is 13.3. The summed E-state index contributed by atoms with van der Waals surface area (Å²) in [5.41, 5.74) is 2.47. The first kappa shape index (κ1) is 17.9. The number of hydrogen-bond donors (Lipinski definition) is 0. The van der Waals surface area contributed by atoms with E-state index < -0.39 is 5.97 Å². The fourth-order valence-corrected chi connectivity index (χ4v) is 3.63. The molecule has 2 aromatic carbocycles. The molecule has 0 saturated carbocycles. The number of rotatable bonds is 8. The molecule has 2 aliphatic rings. The van der Waals surface area contributed by atoms with Gasteiger partial charge >= 0.3 is 5.97 Å². The summed E-state index contributed by atoms with van der Waals surface area (Å²) in [5.74, 6) is 1.43. The lowest BCUT2D eigenvalue weighted by Gasteiger charge is -2.25. The first-order valence-corrected chi connectivity index (χ1v) is 9.50. The van der Waals surface area contributed by atoms with Crippen LogP contribution in [0.25, 0.3) is 10.8 Å². The molecule has 0 aromatic heterocycles. The third kappa shape index (κ3) is 3.93. The maximum Gasteiger partial charge on any atom is 0.330 e. The predicted molar refractivity (Wildman–Crippen MR) is 102 cm³/mol. The fourth-order valence-electron chi connectivity index (χ4n) is 3.63. The molecule has 1 unspecified atom stereocenters. The Morgan fingerprint density at radius 1 is 1.07 bits per heavy atom. The molecule has 27 heavy (non-hydrogen) atoms. The van der Waals surface area contributed by atoms with Crippen LogP contribution in [0, 0.1) is 0 Å². The maximum absolute atomic E-state index is 11.2. The number of carbonyl (C=O) groups is 1. The van der Waals surface area contributed by atoms with Gasteiger partial charge in [0.25, 0.3) is 0 Å². The van der Waals surface area contributed by atoms with Crippen molar-refractivity contribution in [1.29, 1.82) is 0 Å². The topological polar surface area (TPSA) is 57.3 Å². The van der Waals surface area contributed by atoms with Gasteiger partial charge in [-0.1, -0.05) is 30.8 Å². The molecule has 5 nitrogen and oxygen atoms in total.